The number of aromatic nitrogens is 2. The van der Waals surface area contributed by atoms with Gasteiger partial charge < -0.3 is 10.6 Å². The molecule has 0 aliphatic heterocycles. The minimum absolute atomic E-state index is 0.0446. The summed E-state index contributed by atoms with van der Waals surface area (Å²) in [4.78, 5) is 12.0. The number of carbonyl (C=O) groups excluding carboxylic acids is 1. The van der Waals surface area contributed by atoms with Crippen molar-refractivity contribution in [1.29, 1.82) is 0 Å². The summed E-state index contributed by atoms with van der Waals surface area (Å²) in [5.74, 6) is -1.03. The maximum atomic E-state index is 13.5. The highest BCUT2D eigenvalue weighted by Gasteiger charge is 2.12. The van der Waals surface area contributed by atoms with Gasteiger partial charge in [-0.05, 0) is 36.6 Å². The van der Waals surface area contributed by atoms with Crippen molar-refractivity contribution in [3.05, 3.63) is 47.7 Å². The van der Waals surface area contributed by atoms with Crippen molar-refractivity contribution < 1.29 is 13.6 Å². The zero-order valence-corrected chi connectivity index (χ0v) is 12.9. The van der Waals surface area contributed by atoms with Crippen molar-refractivity contribution in [2.24, 2.45) is 5.92 Å². The van der Waals surface area contributed by atoms with Crippen molar-refractivity contribution in [2.45, 2.75) is 20.3 Å². The number of benzene rings is 1. The van der Waals surface area contributed by atoms with E-state index in [1.54, 1.807) is 6.07 Å². The van der Waals surface area contributed by atoms with Gasteiger partial charge in [-0.15, -0.1) is 10.2 Å². The Morgan fingerprint density at radius 1 is 1.17 bits per heavy atom. The molecule has 0 spiro atoms. The summed E-state index contributed by atoms with van der Waals surface area (Å²) >= 11 is 0. The topological polar surface area (TPSA) is 66.9 Å². The monoisotopic (exact) mass is 320 g/mol. The molecule has 2 aromatic rings. The number of nitrogens with one attached hydrogen (secondary N) is 2. The lowest BCUT2D eigenvalue weighted by atomic mass is 10.1. The summed E-state index contributed by atoms with van der Waals surface area (Å²) < 4.78 is 26.3. The molecule has 1 amide bonds. The normalized spacial score (nSPS) is 10.7. The van der Waals surface area contributed by atoms with Gasteiger partial charge in [-0.25, -0.2) is 8.78 Å². The minimum Gasteiger partial charge on any atom is -0.369 e. The van der Waals surface area contributed by atoms with Crippen LogP contribution in [0.15, 0.2) is 30.3 Å². The molecular formula is C16H18F2N4O. The van der Waals surface area contributed by atoms with Gasteiger partial charge in [0.05, 0.1) is 5.69 Å². The first kappa shape index (κ1) is 16.8. The standard InChI is InChI=1S/C16H18F2N4O/c1-10(2)7-8-19-15-6-5-14(21-22-15)16(23)20-13-4-3-11(17)9-12(13)18/h3-6,9-10H,7-8H2,1-2H3,(H,19,22)(H,20,23). The van der Waals surface area contributed by atoms with E-state index in [0.29, 0.717) is 17.8 Å². The lowest BCUT2D eigenvalue weighted by molar-refractivity contribution is 0.102. The Labute approximate surface area is 133 Å². The van der Waals surface area contributed by atoms with E-state index in [1.807, 2.05) is 0 Å². The summed E-state index contributed by atoms with van der Waals surface area (Å²) in [7, 11) is 0. The summed E-state index contributed by atoms with van der Waals surface area (Å²) in [5.41, 5.74) is -0.0690. The van der Waals surface area contributed by atoms with Gasteiger partial charge in [0.1, 0.15) is 17.5 Å². The largest absolute Gasteiger partial charge is 0.369 e. The molecule has 0 saturated heterocycles. The molecule has 0 radical (unpaired) electrons. The molecule has 7 heteroatoms. The van der Waals surface area contributed by atoms with E-state index in [1.165, 1.54) is 6.07 Å². The van der Waals surface area contributed by atoms with E-state index in [9.17, 15) is 13.6 Å². The van der Waals surface area contributed by atoms with Crippen LogP contribution in [0.25, 0.3) is 0 Å². The number of anilines is 2. The lowest BCUT2D eigenvalue weighted by Gasteiger charge is -2.08. The second kappa shape index (κ2) is 7.62. The van der Waals surface area contributed by atoms with Crippen LogP contribution in [0, 0.1) is 17.6 Å². The number of halogens is 2. The Balaban J connectivity index is 1.97. The summed E-state index contributed by atoms with van der Waals surface area (Å²) in [6.45, 7) is 5.00. The third kappa shape index (κ3) is 4.98. The number of rotatable bonds is 6. The SMILES string of the molecule is CC(C)CCNc1ccc(C(=O)Nc2ccc(F)cc2F)nn1. The first-order chi connectivity index (χ1) is 11.0. The minimum atomic E-state index is -0.849. The third-order valence-electron chi connectivity index (χ3n) is 3.10. The van der Waals surface area contributed by atoms with E-state index in [2.05, 4.69) is 34.7 Å². The molecule has 0 atom stereocenters. The highest BCUT2D eigenvalue weighted by atomic mass is 19.1. The number of amides is 1. The second-order valence-corrected chi connectivity index (χ2v) is 5.49. The van der Waals surface area contributed by atoms with Crippen LogP contribution in [0.1, 0.15) is 30.8 Å². The van der Waals surface area contributed by atoms with Gasteiger partial charge in [0.15, 0.2) is 5.69 Å². The molecule has 2 N–H and O–H groups in total. The van der Waals surface area contributed by atoms with Crippen LogP contribution < -0.4 is 10.6 Å². The van der Waals surface area contributed by atoms with Crippen LogP contribution in [0.4, 0.5) is 20.3 Å². The quantitative estimate of drug-likeness (QED) is 0.855. The van der Waals surface area contributed by atoms with Crippen molar-refractivity contribution in [2.75, 3.05) is 17.2 Å². The fraction of sp³-hybridized carbons (Fsp3) is 0.312. The van der Waals surface area contributed by atoms with Crippen LogP contribution in [-0.2, 0) is 0 Å². The van der Waals surface area contributed by atoms with E-state index in [4.69, 9.17) is 0 Å². The molecule has 1 heterocycles. The molecule has 23 heavy (non-hydrogen) atoms. The van der Waals surface area contributed by atoms with Crippen LogP contribution >= 0.6 is 0 Å². The predicted molar refractivity (Wildman–Crippen MR) is 84.3 cm³/mol. The molecule has 0 bridgehead atoms. The fourth-order valence-corrected chi connectivity index (χ4v) is 1.81. The van der Waals surface area contributed by atoms with Gasteiger partial charge in [0.2, 0.25) is 0 Å². The maximum absolute atomic E-state index is 13.5. The first-order valence-corrected chi connectivity index (χ1v) is 7.29. The van der Waals surface area contributed by atoms with Gasteiger partial charge in [-0.3, -0.25) is 4.79 Å². The van der Waals surface area contributed by atoms with Crippen molar-refractivity contribution >= 4 is 17.4 Å². The second-order valence-electron chi connectivity index (χ2n) is 5.49. The maximum Gasteiger partial charge on any atom is 0.276 e. The summed E-state index contributed by atoms with van der Waals surface area (Å²) in [5, 5.41) is 13.1. The number of carbonyl (C=O) groups is 1. The number of hydrogen-bond donors (Lipinski definition) is 2. The molecule has 122 valence electrons. The molecule has 5 nitrogen and oxygen atoms in total. The van der Waals surface area contributed by atoms with Crippen molar-refractivity contribution in [1.82, 2.24) is 10.2 Å². The Morgan fingerprint density at radius 2 is 1.96 bits per heavy atom. The van der Waals surface area contributed by atoms with E-state index >= 15 is 0 Å². The number of hydrogen-bond acceptors (Lipinski definition) is 4. The highest BCUT2D eigenvalue weighted by Crippen LogP contribution is 2.16. The van der Waals surface area contributed by atoms with Crippen molar-refractivity contribution in [3.63, 3.8) is 0 Å². The van der Waals surface area contributed by atoms with Crippen LogP contribution in [-0.4, -0.2) is 22.6 Å². The number of nitrogens with zero attached hydrogens (tertiary/aromatic N) is 2. The zero-order valence-electron chi connectivity index (χ0n) is 12.9. The van der Waals surface area contributed by atoms with E-state index < -0.39 is 17.5 Å². The van der Waals surface area contributed by atoms with Crippen LogP contribution in [0.2, 0.25) is 0 Å². The van der Waals surface area contributed by atoms with Crippen LogP contribution in [0.3, 0.4) is 0 Å². The van der Waals surface area contributed by atoms with Crippen LogP contribution in [0.5, 0.6) is 0 Å². The third-order valence-corrected chi connectivity index (χ3v) is 3.10. The molecule has 0 aliphatic carbocycles. The Hall–Kier alpha value is -2.57. The van der Waals surface area contributed by atoms with E-state index in [0.717, 1.165) is 25.1 Å². The Bertz CT molecular complexity index is 674. The summed E-state index contributed by atoms with van der Waals surface area (Å²) in [6, 6.07) is 6.03. The molecule has 1 aromatic heterocycles. The average molecular weight is 320 g/mol. The first-order valence-electron chi connectivity index (χ1n) is 7.29. The zero-order chi connectivity index (χ0) is 16.8. The van der Waals surface area contributed by atoms with Gasteiger partial charge in [0.25, 0.3) is 5.91 Å². The Morgan fingerprint density at radius 3 is 2.57 bits per heavy atom. The summed E-state index contributed by atoms with van der Waals surface area (Å²) in [6.07, 6.45) is 0.994. The molecule has 0 aliphatic rings. The average Bonchev–Trinajstić information content (AvgIpc) is 2.50. The predicted octanol–water partition coefficient (Wildman–Crippen LogP) is 3.47. The highest BCUT2D eigenvalue weighted by molar-refractivity contribution is 6.02. The Kier molecular flexibility index (Phi) is 5.56. The molecular weight excluding hydrogens is 302 g/mol. The molecule has 2 rings (SSSR count). The molecule has 0 unspecified atom stereocenters. The van der Waals surface area contributed by atoms with Gasteiger partial charge in [0, 0.05) is 12.6 Å². The fourth-order valence-electron chi connectivity index (χ4n) is 1.81. The lowest BCUT2D eigenvalue weighted by Crippen LogP contribution is -2.16. The smallest absolute Gasteiger partial charge is 0.276 e. The van der Waals surface area contributed by atoms with Gasteiger partial charge >= 0.3 is 0 Å². The van der Waals surface area contributed by atoms with Gasteiger partial charge in [-0.1, -0.05) is 13.8 Å². The van der Waals surface area contributed by atoms with E-state index in [-0.39, 0.29) is 11.4 Å². The molecule has 0 saturated carbocycles. The van der Waals surface area contributed by atoms with Crippen molar-refractivity contribution in [3.8, 4) is 0 Å². The molecule has 0 fully saturated rings. The molecule has 1 aromatic carbocycles. The van der Waals surface area contributed by atoms with Gasteiger partial charge in [-0.2, -0.15) is 0 Å².